The van der Waals surface area contributed by atoms with Gasteiger partial charge in [-0.15, -0.1) is 0 Å². The van der Waals surface area contributed by atoms with Crippen LogP contribution >= 0.6 is 0 Å². The molecule has 2 aromatic heterocycles. The smallest absolute Gasteiger partial charge is 0.254 e. The normalized spacial score (nSPS) is 10.8. The number of para-hydroxylation sites is 1. The van der Waals surface area contributed by atoms with Crippen LogP contribution in [0.4, 0.5) is 5.69 Å². The molecule has 2 amide bonds. The van der Waals surface area contributed by atoms with Gasteiger partial charge in [0.15, 0.2) is 0 Å². The van der Waals surface area contributed by atoms with E-state index in [9.17, 15) is 9.59 Å². The van der Waals surface area contributed by atoms with Crippen molar-refractivity contribution in [2.45, 2.75) is 33.8 Å². The highest BCUT2D eigenvalue weighted by molar-refractivity contribution is 5.99. The van der Waals surface area contributed by atoms with Gasteiger partial charge in [0.25, 0.3) is 5.91 Å². The number of benzene rings is 2. The summed E-state index contributed by atoms with van der Waals surface area (Å²) in [4.78, 5) is 32.0. The number of pyridine rings is 1. The SMILES string of the molecule is CCCN(CC(=O)Nc1ccccc1C)C(=O)c1cccc(OCc2cn3cc(C)ccc3n2)c1. The van der Waals surface area contributed by atoms with Crippen LogP contribution < -0.4 is 10.1 Å². The number of hydrogen-bond donors (Lipinski definition) is 1. The molecule has 1 N–H and O–H groups in total. The molecule has 0 bridgehead atoms. The largest absolute Gasteiger partial charge is 0.487 e. The van der Waals surface area contributed by atoms with E-state index in [1.807, 2.05) is 80.0 Å². The first-order valence-electron chi connectivity index (χ1n) is 11.7. The van der Waals surface area contributed by atoms with Crippen LogP contribution in [0.3, 0.4) is 0 Å². The Morgan fingerprint density at radius 3 is 2.66 bits per heavy atom. The van der Waals surface area contributed by atoms with Crippen LogP contribution in [-0.4, -0.2) is 39.2 Å². The van der Waals surface area contributed by atoms with Gasteiger partial charge in [-0.2, -0.15) is 0 Å². The highest BCUT2D eigenvalue weighted by Gasteiger charge is 2.19. The monoisotopic (exact) mass is 470 g/mol. The predicted octanol–water partition coefficient (Wildman–Crippen LogP) is 5.02. The molecule has 2 heterocycles. The first kappa shape index (κ1) is 24.0. The van der Waals surface area contributed by atoms with Gasteiger partial charge < -0.3 is 19.4 Å². The molecule has 7 heteroatoms. The molecule has 0 aliphatic carbocycles. The zero-order chi connectivity index (χ0) is 24.8. The van der Waals surface area contributed by atoms with Gasteiger partial charge in [0.05, 0.1) is 5.69 Å². The van der Waals surface area contributed by atoms with Crippen LogP contribution in [0.25, 0.3) is 5.65 Å². The number of amides is 2. The van der Waals surface area contributed by atoms with Crippen LogP contribution in [-0.2, 0) is 11.4 Å². The fraction of sp³-hybridized carbons (Fsp3) is 0.250. The molecule has 180 valence electrons. The van der Waals surface area contributed by atoms with Crippen LogP contribution in [0.1, 0.15) is 40.5 Å². The zero-order valence-electron chi connectivity index (χ0n) is 20.3. The highest BCUT2D eigenvalue weighted by atomic mass is 16.5. The van der Waals surface area contributed by atoms with E-state index in [0.717, 1.165) is 34.6 Å². The van der Waals surface area contributed by atoms with Gasteiger partial charge >= 0.3 is 0 Å². The van der Waals surface area contributed by atoms with Gasteiger partial charge in [-0.25, -0.2) is 4.98 Å². The third-order valence-electron chi connectivity index (χ3n) is 5.65. The molecule has 4 rings (SSSR count). The van der Waals surface area contributed by atoms with Crippen molar-refractivity contribution in [2.75, 3.05) is 18.4 Å². The zero-order valence-corrected chi connectivity index (χ0v) is 20.3. The van der Waals surface area contributed by atoms with Gasteiger partial charge in [0.1, 0.15) is 24.5 Å². The number of carbonyl (C=O) groups is 2. The topological polar surface area (TPSA) is 75.9 Å². The lowest BCUT2D eigenvalue weighted by Gasteiger charge is -2.22. The average molecular weight is 471 g/mol. The number of aryl methyl sites for hydroxylation is 2. The van der Waals surface area contributed by atoms with Crippen LogP contribution in [0.2, 0.25) is 0 Å². The van der Waals surface area contributed by atoms with Crippen molar-refractivity contribution in [3.8, 4) is 5.75 Å². The van der Waals surface area contributed by atoms with Crippen molar-refractivity contribution in [3.05, 3.63) is 95.4 Å². The van der Waals surface area contributed by atoms with Crippen molar-refractivity contribution >= 4 is 23.1 Å². The predicted molar refractivity (Wildman–Crippen MR) is 137 cm³/mol. The Labute approximate surface area is 205 Å². The van der Waals surface area contributed by atoms with E-state index < -0.39 is 0 Å². The number of aromatic nitrogens is 2. The first-order valence-corrected chi connectivity index (χ1v) is 11.7. The molecular formula is C28H30N4O3. The van der Waals surface area contributed by atoms with Crippen molar-refractivity contribution in [2.24, 2.45) is 0 Å². The van der Waals surface area contributed by atoms with E-state index in [1.54, 1.807) is 23.1 Å². The maximum Gasteiger partial charge on any atom is 0.254 e. The molecule has 0 spiro atoms. The second-order valence-electron chi connectivity index (χ2n) is 8.61. The summed E-state index contributed by atoms with van der Waals surface area (Å²) in [5.41, 5.74) is 5.01. The quantitative estimate of drug-likeness (QED) is 0.373. The Kier molecular flexibility index (Phi) is 7.45. The minimum absolute atomic E-state index is 0.0211. The van der Waals surface area contributed by atoms with Gasteiger partial charge in [-0.3, -0.25) is 9.59 Å². The summed E-state index contributed by atoms with van der Waals surface area (Å²) in [6, 6.07) is 18.6. The number of rotatable bonds is 9. The molecule has 0 atom stereocenters. The molecule has 0 aliphatic rings. The number of fused-ring (bicyclic) bond motifs is 1. The number of anilines is 1. The number of carbonyl (C=O) groups excluding carboxylic acids is 2. The van der Waals surface area contributed by atoms with E-state index in [2.05, 4.69) is 10.3 Å². The molecule has 7 nitrogen and oxygen atoms in total. The lowest BCUT2D eigenvalue weighted by Crippen LogP contribution is -2.38. The number of nitrogens with one attached hydrogen (secondary N) is 1. The Morgan fingerprint density at radius 2 is 1.86 bits per heavy atom. The molecule has 0 saturated heterocycles. The van der Waals surface area contributed by atoms with Gasteiger partial charge in [0.2, 0.25) is 5.91 Å². The summed E-state index contributed by atoms with van der Waals surface area (Å²) in [5, 5.41) is 2.90. The Hall–Kier alpha value is -4.13. The molecule has 0 unspecified atom stereocenters. The van der Waals surface area contributed by atoms with E-state index in [0.29, 0.717) is 17.9 Å². The van der Waals surface area contributed by atoms with Gasteiger partial charge in [-0.05, 0) is 61.7 Å². The van der Waals surface area contributed by atoms with Gasteiger partial charge in [-0.1, -0.05) is 37.3 Å². The minimum Gasteiger partial charge on any atom is -0.487 e. The molecule has 2 aromatic carbocycles. The second kappa shape index (κ2) is 10.9. The molecule has 0 fully saturated rings. The summed E-state index contributed by atoms with van der Waals surface area (Å²) in [5.74, 6) is 0.140. The number of ether oxygens (including phenoxy) is 1. The van der Waals surface area contributed by atoms with Crippen molar-refractivity contribution in [1.29, 1.82) is 0 Å². The van der Waals surface area contributed by atoms with E-state index >= 15 is 0 Å². The molecule has 0 radical (unpaired) electrons. The van der Waals surface area contributed by atoms with Crippen molar-refractivity contribution < 1.29 is 14.3 Å². The number of imidazole rings is 1. The lowest BCUT2D eigenvalue weighted by molar-refractivity contribution is -0.116. The number of nitrogens with zero attached hydrogens (tertiary/aromatic N) is 3. The summed E-state index contributed by atoms with van der Waals surface area (Å²) in [7, 11) is 0. The molecular weight excluding hydrogens is 440 g/mol. The van der Waals surface area contributed by atoms with E-state index in [-0.39, 0.29) is 25.0 Å². The number of hydrogen-bond acceptors (Lipinski definition) is 4. The van der Waals surface area contributed by atoms with E-state index in [1.165, 1.54) is 0 Å². The van der Waals surface area contributed by atoms with Crippen molar-refractivity contribution in [1.82, 2.24) is 14.3 Å². The van der Waals surface area contributed by atoms with E-state index in [4.69, 9.17) is 4.74 Å². The van der Waals surface area contributed by atoms with Crippen LogP contribution in [0, 0.1) is 13.8 Å². The summed E-state index contributed by atoms with van der Waals surface area (Å²) >= 11 is 0. The standard InChI is InChI=1S/C28H30N4O3/c1-4-14-31(18-27(33)30-25-11-6-5-8-21(25)3)28(34)22-9-7-10-24(15-22)35-19-23-17-32-16-20(2)12-13-26(32)29-23/h5-13,15-17H,4,14,18-19H2,1-3H3,(H,30,33). The molecule has 0 saturated carbocycles. The van der Waals surface area contributed by atoms with Gasteiger partial charge in [0, 0.05) is 30.2 Å². The Balaban J connectivity index is 1.42. The maximum atomic E-state index is 13.2. The first-order chi connectivity index (χ1) is 16.9. The fourth-order valence-corrected chi connectivity index (χ4v) is 3.88. The van der Waals surface area contributed by atoms with Crippen LogP contribution in [0.5, 0.6) is 5.75 Å². The third-order valence-corrected chi connectivity index (χ3v) is 5.65. The Bertz CT molecular complexity index is 1350. The average Bonchev–Trinajstić information content (AvgIpc) is 3.25. The third kappa shape index (κ3) is 6.06. The van der Waals surface area contributed by atoms with Crippen molar-refractivity contribution in [3.63, 3.8) is 0 Å². The molecule has 35 heavy (non-hydrogen) atoms. The second-order valence-corrected chi connectivity index (χ2v) is 8.61. The Morgan fingerprint density at radius 1 is 1.03 bits per heavy atom. The summed E-state index contributed by atoms with van der Waals surface area (Å²) < 4.78 is 7.90. The minimum atomic E-state index is -0.226. The maximum absolute atomic E-state index is 13.2. The highest BCUT2D eigenvalue weighted by Crippen LogP contribution is 2.18. The fourth-order valence-electron chi connectivity index (χ4n) is 3.88. The van der Waals surface area contributed by atoms with Crippen LogP contribution in [0.15, 0.2) is 73.1 Å². The summed E-state index contributed by atoms with van der Waals surface area (Å²) in [6.45, 7) is 6.69. The molecule has 0 aliphatic heterocycles. The lowest BCUT2D eigenvalue weighted by atomic mass is 10.1. The molecule has 4 aromatic rings. The summed E-state index contributed by atoms with van der Waals surface area (Å²) in [6.07, 6.45) is 4.70.